The Morgan fingerprint density at radius 1 is 1.11 bits per heavy atom. The van der Waals surface area contributed by atoms with Crippen LogP contribution in [0, 0.1) is 0 Å². The number of rotatable bonds is 5. The summed E-state index contributed by atoms with van der Waals surface area (Å²) in [5.74, 6) is -0.978. The van der Waals surface area contributed by atoms with Crippen LogP contribution in [0.5, 0.6) is 0 Å². The Hall–Kier alpha value is -3.22. The molecule has 144 valence electrons. The number of aromatic nitrogens is 2. The molecule has 1 N–H and O–H groups in total. The van der Waals surface area contributed by atoms with Crippen LogP contribution in [0.3, 0.4) is 0 Å². The van der Waals surface area contributed by atoms with Crippen molar-refractivity contribution < 1.29 is 23.8 Å². The molecule has 0 amide bonds. The van der Waals surface area contributed by atoms with Crippen LogP contribution in [0.2, 0.25) is 0 Å². The molecule has 7 heteroatoms. The second-order valence-electron chi connectivity index (χ2n) is 6.87. The Bertz CT molecular complexity index is 1040. The first-order valence-electron chi connectivity index (χ1n) is 9.17. The number of imidazole rings is 1. The minimum absolute atomic E-state index is 0.194. The maximum Gasteiger partial charge on any atom is 0.340 e. The van der Waals surface area contributed by atoms with Crippen molar-refractivity contribution in [2.24, 2.45) is 0 Å². The molecule has 0 unspecified atom stereocenters. The molecule has 1 fully saturated rings. The van der Waals surface area contributed by atoms with E-state index in [1.165, 1.54) is 0 Å². The van der Waals surface area contributed by atoms with Gasteiger partial charge >= 0.3 is 11.9 Å². The van der Waals surface area contributed by atoms with Crippen LogP contribution in [0.25, 0.3) is 22.4 Å². The Labute approximate surface area is 160 Å². The Balaban J connectivity index is 1.81. The zero-order valence-electron chi connectivity index (χ0n) is 15.1. The third-order valence-electron chi connectivity index (χ3n) is 5.19. The minimum atomic E-state index is -1.16. The summed E-state index contributed by atoms with van der Waals surface area (Å²) in [5, 5.41) is 9.27. The molecule has 0 saturated heterocycles. The van der Waals surface area contributed by atoms with Crippen LogP contribution in [-0.4, -0.2) is 33.5 Å². The van der Waals surface area contributed by atoms with E-state index < -0.39 is 18.8 Å². The van der Waals surface area contributed by atoms with Crippen molar-refractivity contribution in [2.75, 3.05) is 6.86 Å². The van der Waals surface area contributed by atoms with E-state index in [9.17, 15) is 19.1 Å². The zero-order valence-corrected chi connectivity index (χ0v) is 15.1. The smallest absolute Gasteiger partial charge is 0.340 e. The van der Waals surface area contributed by atoms with Crippen molar-refractivity contribution in [1.29, 1.82) is 0 Å². The molecule has 2 aromatic carbocycles. The summed E-state index contributed by atoms with van der Waals surface area (Å²) in [7, 11) is 0. The molecule has 1 aliphatic carbocycles. The highest BCUT2D eigenvalue weighted by atomic mass is 19.1. The highest BCUT2D eigenvalue weighted by Gasteiger charge is 2.24. The quantitative estimate of drug-likeness (QED) is 0.652. The predicted octanol–water partition coefficient (Wildman–Crippen LogP) is 4.60. The van der Waals surface area contributed by atoms with E-state index in [2.05, 4.69) is 9.30 Å². The van der Waals surface area contributed by atoms with Gasteiger partial charge in [-0.3, -0.25) is 0 Å². The highest BCUT2D eigenvalue weighted by Crippen LogP contribution is 2.37. The maximum atomic E-state index is 12.2. The first-order chi connectivity index (χ1) is 13.6. The molecule has 6 nitrogen and oxygen atoms in total. The fourth-order valence-electron chi connectivity index (χ4n) is 3.86. The molecule has 0 bridgehead atoms. The molecular formula is C21H19FN2O4. The van der Waals surface area contributed by atoms with Gasteiger partial charge in [-0.05, 0) is 43.2 Å². The van der Waals surface area contributed by atoms with Crippen LogP contribution < -0.4 is 0 Å². The largest absolute Gasteiger partial charge is 0.478 e. The van der Waals surface area contributed by atoms with Gasteiger partial charge in [0.1, 0.15) is 5.82 Å². The molecule has 28 heavy (non-hydrogen) atoms. The third-order valence-corrected chi connectivity index (χ3v) is 5.19. The molecule has 1 aliphatic rings. The van der Waals surface area contributed by atoms with Gasteiger partial charge in [0, 0.05) is 11.6 Å². The van der Waals surface area contributed by atoms with Gasteiger partial charge in [0.05, 0.1) is 22.2 Å². The number of nitrogens with zero attached hydrogens (tertiary/aromatic N) is 2. The molecule has 1 saturated carbocycles. The van der Waals surface area contributed by atoms with E-state index in [1.807, 2.05) is 0 Å². The van der Waals surface area contributed by atoms with E-state index in [4.69, 9.17) is 4.98 Å². The van der Waals surface area contributed by atoms with Crippen LogP contribution in [0.4, 0.5) is 4.39 Å². The Morgan fingerprint density at radius 3 is 2.43 bits per heavy atom. The number of alkyl halides is 1. The first-order valence-corrected chi connectivity index (χ1v) is 9.17. The van der Waals surface area contributed by atoms with Gasteiger partial charge < -0.3 is 14.4 Å². The van der Waals surface area contributed by atoms with Gasteiger partial charge in [-0.25, -0.2) is 19.0 Å². The van der Waals surface area contributed by atoms with Crippen molar-refractivity contribution in [1.82, 2.24) is 9.55 Å². The molecule has 1 aromatic heterocycles. The highest BCUT2D eigenvalue weighted by molar-refractivity contribution is 5.93. The summed E-state index contributed by atoms with van der Waals surface area (Å²) in [6.45, 7) is -1.16. The van der Waals surface area contributed by atoms with Gasteiger partial charge in [0.25, 0.3) is 0 Å². The number of carbonyl (C=O) groups is 2. The molecule has 0 atom stereocenters. The lowest BCUT2D eigenvalue weighted by Crippen LogP contribution is -2.07. The molecule has 3 aromatic rings. The van der Waals surface area contributed by atoms with Gasteiger partial charge in [-0.15, -0.1) is 0 Å². The Kier molecular flexibility index (Phi) is 4.81. The summed E-state index contributed by atoms with van der Waals surface area (Å²) in [5.41, 5.74) is 2.78. The van der Waals surface area contributed by atoms with Gasteiger partial charge in [0.15, 0.2) is 0 Å². The standard InChI is InChI=1S/C21H19FN2O4/c22-12-28-21(27)14-7-5-13(6-8-14)19-23-17-11-15(20(25)26)9-10-18(17)24(19)16-3-1-2-4-16/h5-11,16H,1-4,12H2,(H,25,26). The lowest BCUT2D eigenvalue weighted by Gasteiger charge is -2.16. The molecule has 1 heterocycles. The van der Waals surface area contributed by atoms with Crippen molar-refractivity contribution in [2.45, 2.75) is 31.7 Å². The van der Waals surface area contributed by atoms with Crippen molar-refractivity contribution in [3.05, 3.63) is 53.6 Å². The number of halogens is 1. The number of aromatic carboxylic acids is 1. The van der Waals surface area contributed by atoms with Gasteiger partial charge in [-0.1, -0.05) is 25.0 Å². The number of hydrogen-bond acceptors (Lipinski definition) is 4. The fraction of sp³-hybridized carbons (Fsp3) is 0.286. The number of carboxylic acid groups (broad SMARTS) is 1. The number of carboxylic acids is 1. The second kappa shape index (κ2) is 7.42. The summed E-state index contributed by atoms with van der Waals surface area (Å²) in [6.07, 6.45) is 4.37. The summed E-state index contributed by atoms with van der Waals surface area (Å²) in [4.78, 5) is 27.7. The van der Waals surface area contributed by atoms with E-state index >= 15 is 0 Å². The average Bonchev–Trinajstić information content (AvgIpc) is 3.35. The number of ether oxygens (including phenoxy) is 1. The van der Waals surface area contributed by atoms with E-state index in [-0.39, 0.29) is 11.1 Å². The fourth-order valence-corrected chi connectivity index (χ4v) is 3.86. The lowest BCUT2D eigenvalue weighted by atomic mass is 10.1. The van der Waals surface area contributed by atoms with E-state index in [0.29, 0.717) is 11.6 Å². The van der Waals surface area contributed by atoms with Crippen LogP contribution in [-0.2, 0) is 4.74 Å². The summed E-state index contributed by atoms with van der Waals surface area (Å²) in [6, 6.07) is 11.9. The number of fused-ring (bicyclic) bond motifs is 1. The topological polar surface area (TPSA) is 81.4 Å². The maximum absolute atomic E-state index is 12.2. The summed E-state index contributed by atoms with van der Waals surface area (Å²) < 4.78 is 18.8. The van der Waals surface area contributed by atoms with Crippen molar-refractivity contribution in [3.63, 3.8) is 0 Å². The minimum Gasteiger partial charge on any atom is -0.478 e. The van der Waals surface area contributed by atoms with Crippen LogP contribution >= 0.6 is 0 Å². The SMILES string of the molecule is O=C(O)c1ccc2c(c1)nc(-c1ccc(C(=O)OCF)cc1)n2C1CCCC1. The summed E-state index contributed by atoms with van der Waals surface area (Å²) >= 11 is 0. The van der Waals surface area contributed by atoms with Crippen LogP contribution in [0.1, 0.15) is 52.4 Å². The number of benzene rings is 2. The Morgan fingerprint density at radius 2 is 1.79 bits per heavy atom. The van der Waals surface area contributed by atoms with E-state index in [1.54, 1.807) is 42.5 Å². The molecule has 0 spiro atoms. The van der Waals surface area contributed by atoms with Crippen molar-refractivity contribution in [3.8, 4) is 11.4 Å². The number of carbonyl (C=O) groups excluding carboxylic acids is 1. The average molecular weight is 382 g/mol. The van der Waals surface area contributed by atoms with Crippen LogP contribution in [0.15, 0.2) is 42.5 Å². The number of esters is 1. The lowest BCUT2D eigenvalue weighted by molar-refractivity contribution is 0.0324. The number of hydrogen-bond donors (Lipinski definition) is 1. The molecule has 0 aliphatic heterocycles. The van der Waals surface area contributed by atoms with E-state index in [0.717, 1.165) is 42.6 Å². The third kappa shape index (κ3) is 3.24. The molecule has 0 radical (unpaired) electrons. The molecular weight excluding hydrogens is 363 g/mol. The predicted molar refractivity (Wildman–Crippen MR) is 101 cm³/mol. The van der Waals surface area contributed by atoms with Gasteiger partial charge in [0.2, 0.25) is 6.86 Å². The first kappa shape index (κ1) is 18.2. The zero-order chi connectivity index (χ0) is 19.7. The molecule has 4 rings (SSSR count). The monoisotopic (exact) mass is 382 g/mol. The van der Waals surface area contributed by atoms with Gasteiger partial charge in [-0.2, -0.15) is 0 Å². The van der Waals surface area contributed by atoms with Crippen molar-refractivity contribution >= 4 is 23.0 Å². The normalized spacial score (nSPS) is 14.5. The second-order valence-corrected chi connectivity index (χ2v) is 6.87.